The quantitative estimate of drug-likeness (QED) is 0.679. The molecule has 0 saturated carbocycles. The highest BCUT2D eigenvalue weighted by Crippen LogP contribution is 2.32. The Morgan fingerprint density at radius 1 is 1.07 bits per heavy atom. The molecule has 1 atom stereocenters. The monoisotopic (exact) mass is 408 g/mol. The zero-order valence-corrected chi connectivity index (χ0v) is 17.1. The van der Waals surface area contributed by atoms with Crippen LogP contribution in [0.4, 0.5) is 5.82 Å². The van der Waals surface area contributed by atoms with E-state index in [1.54, 1.807) is 18.2 Å². The molecule has 1 aromatic carbocycles. The maximum absolute atomic E-state index is 13.0. The Morgan fingerprint density at radius 3 is 2.43 bits per heavy atom. The van der Waals surface area contributed by atoms with E-state index in [9.17, 15) is 8.42 Å². The number of hydrogen-bond acceptors (Lipinski definition) is 8. The van der Waals surface area contributed by atoms with Gasteiger partial charge in [-0.3, -0.25) is 0 Å². The summed E-state index contributed by atoms with van der Waals surface area (Å²) in [5.41, 5.74) is 0. The van der Waals surface area contributed by atoms with Crippen molar-refractivity contribution in [2.45, 2.75) is 17.4 Å². The molecule has 0 spiro atoms. The molecule has 0 aliphatic carbocycles. The molecule has 9 nitrogen and oxygen atoms in total. The molecule has 1 aliphatic heterocycles. The second-order valence-electron chi connectivity index (χ2n) is 6.53. The molecule has 0 radical (unpaired) electrons. The van der Waals surface area contributed by atoms with Crippen molar-refractivity contribution < 1.29 is 22.6 Å². The Kier molecular flexibility index (Phi) is 5.90. The van der Waals surface area contributed by atoms with Crippen molar-refractivity contribution in [2.75, 3.05) is 46.3 Å². The number of ether oxygens (including phenoxy) is 3. The lowest BCUT2D eigenvalue weighted by Gasteiger charge is -2.18. The van der Waals surface area contributed by atoms with Crippen molar-refractivity contribution in [1.29, 1.82) is 0 Å². The molecule has 0 bridgehead atoms. The first-order valence-electron chi connectivity index (χ1n) is 8.75. The molecule has 1 unspecified atom stereocenters. The van der Waals surface area contributed by atoms with Gasteiger partial charge in [-0.25, -0.2) is 8.42 Å². The predicted octanol–water partition coefficient (Wildman–Crippen LogP) is 1.40. The maximum Gasteiger partial charge on any atom is 0.243 e. The van der Waals surface area contributed by atoms with Crippen molar-refractivity contribution in [1.82, 2.24) is 14.5 Å². The van der Waals surface area contributed by atoms with Crippen molar-refractivity contribution in [3.8, 4) is 17.4 Å². The van der Waals surface area contributed by atoms with Gasteiger partial charge in [-0.05, 0) is 24.6 Å². The van der Waals surface area contributed by atoms with Crippen LogP contribution in [-0.4, -0.2) is 70.4 Å². The van der Waals surface area contributed by atoms with Gasteiger partial charge in [0.05, 0.1) is 25.7 Å². The van der Waals surface area contributed by atoms with Gasteiger partial charge in [-0.2, -0.15) is 4.31 Å². The molecule has 28 heavy (non-hydrogen) atoms. The van der Waals surface area contributed by atoms with Crippen molar-refractivity contribution in [3.05, 3.63) is 30.3 Å². The molecule has 1 aromatic heterocycles. The standard InChI is InChI=1S/C18H24N4O5S/c1-21(2)17-7-8-18(20-19-17)27-13-9-10-22(12-13)28(23,24)14-5-6-15(25-3)16(11-14)26-4/h5-8,11,13H,9-10,12H2,1-4H3. The average molecular weight is 408 g/mol. The van der Waals surface area contributed by atoms with E-state index in [2.05, 4.69) is 10.2 Å². The molecule has 10 heteroatoms. The minimum absolute atomic E-state index is 0.154. The van der Waals surface area contributed by atoms with Gasteiger partial charge >= 0.3 is 0 Å². The van der Waals surface area contributed by atoms with Crippen LogP contribution in [0.3, 0.4) is 0 Å². The van der Waals surface area contributed by atoms with Gasteiger partial charge in [0.15, 0.2) is 17.3 Å². The van der Waals surface area contributed by atoms with Gasteiger partial charge in [-0.1, -0.05) is 0 Å². The van der Waals surface area contributed by atoms with Crippen LogP contribution >= 0.6 is 0 Å². The molecule has 3 rings (SSSR count). The SMILES string of the molecule is COc1ccc(S(=O)(=O)N2CCC(Oc3ccc(N(C)C)nn3)C2)cc1OC. The zero-order valence-electron chi connectivity index (χ0n) is 16.3. The van der Waals surface area contributed by atoms with Crippen molar-refractivity contribution in [2.24, 2.45) is 0 Å². The summed E-state index contributed by atoms with van der Waals surface area (Å²) in [6.45, 7) is 0.609. The average Bonchev–Trinajstić information content (AvgIpc) is 3.17. The van der Waals surface area contributed by atoms with E-state index >= 15 is 0 Å². The molecule has 1 saturated heterocycles. The highest BCUT2D eigenvalue weighted by atomic mass is 32.2. The summed E-state index contributed by atoms with van der Waals surface area (Å²) in [5, 5.41) is 8.10. The van der Waals surface area contributed by atoms with Crippen LogP contribution in [0, 0.1) is 0 Å². The fraction of sp³-hybridized carbons (Fsp3) is 0.444. The van der Waals surface area contributed by atoms with Crippen LogP contribution in [-0.2, 0) is 10.0 Å². The molecule has 0 N–H and O–H groups in total. The third-order valence-electron chi connectivity index (χ3n) is 4.47. The number of sulfonamides is 1. The molecule has 1 fully saturated rings. The fourth-order valence-electron chi connectivity index (χ4n) is 2.92. The van der Waals surface area contributed by atoms with E-state index in [0.29, 0.717) is 30.3 Å². The van der Waals surface area contributed by atoms with E-state index in [1.807, 2.05) is 19.0 Å². The normalized spacial score (nSPS) is 17.4. The number of anilines is 1. The third-order valence-corrected chi connectivity index (χ3v) is 6.33. The first-order valence-corrected chi connectivity index (χ1v) is 10.2. The van der Waals surface area contributed by atoms with Crippen LogP contribution in [0.15, 0.2) is 35.2 Å². The molecule has 1 aliphatic rings. The molecule has 2 aromatic rings. The van der Waals surface area contributed by atoms with Gasteiger partial charge in [0.25, 0.3) is 0 Å². The molecule has 2 heterocycles. The lowest BCUT2D eigenvalue weighted by molar-refractivity contribution is 0.204. The van der Waals surface area contributed by atoms with Crippen LogP contribution in [0.2, 0.25) is 0 Å². The maximum atomic E-state index is 13.0. The van der Waals surface area contributed by atoms with Crippen LogP contribution in [0.1, 0.15) is 6.42 Å². The number of hydrogen-bond donors (Lipinski definition) is 0. The lowest BCUT2D eigenvalue weighted by Crippen LogP contribution is -2.31. The lowest BCUT2D eigenvalue weighted by atomic mass is 10.3. The minimum Gasteiger partial charge on any atom is -0.493 e. The summed E-state index contributed by atoms with van der Waals surface area (Å²) in [4.78, 5) is 1.99. The van der Waals surface area contributed by atoms with Gasteiger partial charge < -0.3 is 19.1 Å². The van der Waals surface area contributed by atoms with E-state index in [1.165, 1.54) is 30.7 Å². The highest BCUT2D eigenvalue weighted by Gasteiger charge is 2.34. The van der Waals surface area contributed by atoms with Gasteiger partial charge in [-0.15, -0.1) is 10.2 Å². The summed E-state index contributed by atoms with van der Waals surface area (Å²) in [6.07, 6.45) is 0.290. The smallest absolute Gasteiger partial charge is 0.243 e. The first kappa shape index (κ1) is 20.2. The zero-order chi connectivity index (χ0) is 20.3. The van der Waals surface area contributed by atoms with Crippen molar-refractivity contribution in [3.63, 3.8) is 0 Å². The molecular formula is C18H24N4O5S. The number of benzene rings is 1. The van der Waals surface area contributed by atoms with Gasteiger partial charge in [0.1, 0.15) is 6.10 Å². The summed E-state index contributed by atoms with van der Waals surface area (Å²) in [7, 11) is 3.05. The molecular weight excluding hydrogens is 384 g/mol. The second-order valence-corrected chi connectivity index (χ2v) is 8.47. The van der Waals surface area contributed by atoms with Crippen molar-refractivity contribution >= 4 is 15.8 Å². The van der Waals surface area contributed by atoms with Gasteiger partial charge in [0, 0.05) is 32.8 Å². The Morgan fingerprint density at radius 2 is 1.82 bits per heavy atom. The number of aromatic nitrogens is 2. The Hall–Kier alpha value is -2.59. The van der Waals surface area contributed by atoms with Gasteiger partial charge in [0.2, 0.25) is 15.9 Å². The van der Waals surface area contributed by atoms with Crippen LogP contribution < -0.4 is 19.1 Å². The Balaban J connectivity index is 1.70. The summed E-state index contributed by atoms with van der Waals surface area (Å²) in [6, 6.07) is 8.09. The van der Waals surface area contributed by atoms with E-state index in [4.69, 9.17) is 14.2 Å². The fourth-order valence-corrected chi connectivity index (χ4v) is 4.43. The summed E-state index contributed by atoms with van der Waals surface area (Å²) < 4.78 is 43.5. The first-order chi connectivity index (χ1) is 13.3. The van der Waals surface area contributed by atoms with Crippen LogP contribution in [0.25, 0.3) is 0 Å². The Labute approximate surface area is 164 Å². The third kappa shape index (κ3) is 4.12. The summed E-state index contributed by atoms with van der Waals surface area (Å²) in [5.74, 6) is 1.94. The minimum atomic E-state index is -3.66. The van der Waals surface area contributed by atoms with Crippen LogP contribution in [0.5, 0.6) is 17.4 Å². The highest BCUT2D eigenvalue weighted by molar-refractivity contribution is 7.89. The van der Waals surface area contributed by atoms with E-state index < -0.39 is 10.0 Å². The predicted molar refractivity (Wildman–Crippen MR) is 104 cm³/mol. The number of methoxy groups -OCH3 is 2. The molecule has 152 valence electrons. The molecule has 0 amide bonds. The summed E-state index contributed by atoms with van der Waals surface area (Å²) >= 11 is 0. The van der Waals surface area contributed by atoms with E-state index in [-0.39, 0.29) is 17.5 Å². The topological polar surface area (TPSA) is 94.1 Å². The number of nitrogens with zero attached hydrogens (tertiary/aromatic N) is 4. The number of rotatable bonds is 7. The second kappa shape index (κ2) is 8.19. The largest absolute Gasteiger partial charge is 0.493 e. The van der Waals surface area contributed by atoms with E-state index in [0.717, 1.165) is 5.82 Å². The Bertz CT molecular complexity index is 918.